The number of fused-ring (bicyclic) bond motifs is 1. The molecule has 0 spiro atoms. The van der Waals surface area contributed by atoms with Crippen LogP contribution in [0.3, 0.4) is 0 Å². The zero-order valence-corrected chi connectivity index (χ0v) is 12.3. The van der Waals surface area contributed by atoms with Gasteiger partial charge < -0.3 is 9.84 Å². The lowest BCUT2D eigenvalue weighted by molar-refractivity contribution is 0.448. The zero-order valence-electron chi connectivity index (χ0n) is 10.7. The van der Waals surface area contributed by atoms with Crippen molar-refractivity contribution in [1.82, 2.24) is 15.2 Å². The average Bonchev–Trinajstić information content (AvgIpc) is 2.99. The Morgan fingerprint density at radius 1 is 1.40 bits per heavy atom. The molecule has 1 aromatic heterocycles. The Balaban J connectivity index is 0.00000147. The fourth-order valence-electron chi connectivity index (χ4n) is 2.27. The first-order valence-electron chi connectivity index (χ1n) is 6.18. The maximum atomic E-state index is 12.1. The van der Waals surface area contributed by atoms with Gasteiger partial charge in [-0.05, 0) is 25.1 Å². The molecule has 20 heavy (non-hydrogen) atoms. The van der Waals surface area contributed by atoms with E-state index in [-0.39, 0.29) is 24.2 Å². The van der Waals surface area contributed by atoms with Crippen LogP contribution in [0.15, 0.2) is 28.8 Å². The molecule has 110 valence electrons. The highest BCUT2D eigenvalue weighted by Crippen LogP contribution is 2.19. The molecule has 0 amide bonds. The molecule has 2 N–H and O–H groups in total. The predicted octanol–water partition coefficient (Wildman–Crippen LogP) is 1.03. The van der Waals surface area contributed by atoms with Gasteiger partial charge in [0, 0.05) is 18.0 Å². The first kappa shape index (κ1) is 15.2. The molecular formula is C12H16ClN3O3S. The lowest BCUT2D eigenvalue weighted by Gasteiger charge is -2.10. The molecule has 6 nitrogen and oxygen atoms in total. The summed E-state index contributed by atoms with van der Waals surface area (Å²) in [6.45, 7) is 1.53. The number of aromatic nitrogens is 1. The van der Waals surface area contributed by atoms with Crippen molar-refractivity contribution in [2.75, 3.05) is 13.1 Å². The highest BCUT2D eigenvalue weighted by atomic mass is 35.5. The molecule has 1 fully saturated rings. The fourth-order valence-corrected chi connectivity index (χ4v) is 3.63. The van der Waals surface area contributed by atoms with E-state index in [1.54, 1.807) is 6.07 Å². The number of rotatable bonds is 4. The number of nitrogens with one attached hydrogen (secondary N) is 2. The SMILES string of the molecule is Cl.O=S(=O)(Cc1noc2ccccc12)NC1CCNC1. The maximum Gasteiger partial charge on any atom is 0.217 e. The largest absolute Gasteiger partial charge is 0.356 e. The molecule has 1 aliphatic heterocycles. The van der Waals surface area contributed by atoms with Crippen LogP contribution >= 0.6 is 12.4 Å². The Labute approximate surface area is 123 Å². The van der Waals surface area contributed by atoms with Gasteiger partial charge in [0.05, 0.1) is 0 Å². The molecule has 0 aliphatic carbocycles. The van der Waals surface area contributed by atoms with E-state index >= 15 is 0 Å². The third-order valence-electron chi connectivity index (χ3n) is 3.19. The number of sulfonamides is 1. The summed E-state index contributed by atoms with van der Waals surface area (Å²) in [6.07, 6.45) is 0.818. The lowest BCUT2D eigenvalue weighted by Crippen LogP contribution is -2.37. The third-order valence-corrected chi connectivity index (χ3v) is 4.53. The lowest BCUT2D eigenvalue weighted by atomic mass is 10.2. The highest BCUT2D eigenvalue weighted by Gasteiger charge is 2.23. The van der Waals surface area contributed by atoms with Crippen molar-refractivity contribution in [3.63, 3.8) is 0 Å². The number of halogens is 1. The van der Waals surface area contributed by atoms with Crippen LogP contribution in [0.4, 0.5) is 0 Å². The number of nitrogens with zero attached hydrogens (tertiary/aromatic N) is 1. The van der Waals surface area contributed by atoms with Gasteiger partial charge in [-0.2, -0.15) is 0 Å². The fraction of sp³-hybridized carbons (Fsp3) is 0.417. The molecule has 0 radical (unpaired) electrons. The van der Waals surface area contributed by atoms with Crippen LogP contribution < -0.4 is 10.0 Å². The van der Waals surface area contributed by atoms with Gasteiger partial charge in [0.1, 0.15) is 11.4 Å². The van der Waals surface area contributed by atoms with Crippen molar-refractivity contribution < 1.29 is 12.9 Å². The third kappa shape index (κ3) is 3.29. The monoisotopic (exact) mass is 317 g/mol. The van der Waals surface area contributed by atoms with E-state index in [4.69, 9.17) is 4.52 Å². The molecule has 1 aromatic carbocycles. The number of benzene rings is 1. The minimum atomic E-state index is -3.39. The molecular weight excluding hydrogens is 302 g/mol. The van der Waals surface area contributed by atoms with Crippen molar-refractivity contribution in [3.05, 3.63) is 30.0 Å². The van der Waals surface area contributed by atoms with Gasteiger partial charge in [0.2, 0.25) is 10.0 Å². The van der Waals surface area contributed by atoms with E-state index in [1.165, 1.54) is 0 Å². The molecule has 8 heteroatoms. The van der Waals surface area contributed by atoms with E-state index in [0.717, 1.165) is 18.4 Å². The highest BCUT2D eigenvalue weighted by molar-refractivity contribution is 7.88. The summed E-state index contributed by atoms with van der Waals surface area (Å²) in [5.41, 5.74) is 1.06. The van der Waals surface area contributed by atoms with Gasteiger partial charge >= 0.3 is 0 Å². The molecule has 1 aliphatic rings. The Hall–Kier alpha value is -1.15. The molecule has 2 heterocycles. The Bertz CT molecular complexity index is 680. The molecule has 1 atom stereocenters. The van der Waals surface area contributed by atoms with Crippen LogP contribution in [-0.4, -0.2) is 32.7 Å². The normalized spacial score (nSPS) is 19.1. The number of hydrogen-bond donors (Lipinski definition) is 2. The summed E-state index contributed by atoms with van der Waals surface area (Å²) in [5, 5.41) is 7.72. The number of hydrogen-bond acceptors (Lipinski definition) is 5. The van der Waals surface area contributed by atoms with E-state index in [0.29, 0.717) is 17.8 Å². The van der Waals surface area contributed by atoms with Crippen molar-refractivity contribution in [3.8, 4) is 0 Å². The quantitative estimate of drug-likeness (QED) is 0.880. The van der Waals surface area contributed by atoms with Crippen molar-refractivity contribution in [2.24, 2.45) is 0 Å². The summed E-state index contributed by atoms with van der Waals surface area (Å²) >= 11 is 0. The van der Waals surface area contributed by atoms with Crippen molar-refractivity contribution in [2.45, 2.75) is 18.2 Å². The summed E-state index contributed by atoms with van der Waals surface area (Å²) < 4.78 is 32.0. The van der Waals surface area contributed by atoms with E-state index in [2.05, 4.69) is 15.2 Å². The Morgan fingerprint density at radius 3 is 2.95 bits per heavy atom. The standard InChI is InChI=1S/C12H15N3O3S.ClH/c16-19(17,15-9-5-6-13-7-9)8-11-10-3-1-2-4-12(10)18-14-11;/h1-4,9,13,15H,5-8H2;1H. The van der Waals surface area contributed by atoms with Crippen molar-refractivity contribution in [1.29, 1.82) is 0 Å². The summed E-state index contributed by atoms with van der Waals surface area (Å²) in [6, 6.07) is 7.22. The van der Waals surface area contributed by atoms with E-state index < -0.39 is 10.0 Å². The first-order valence-corrected chi connectivity index (χ1v) is 7.83. The summed E-state index contributed by atoms with van der Waals surface area (Å²) in [7, 11) is -3.39. The summed E-state index contributed by atoms with van der Waals surface area (Å²) in [5.74, 6) is -0.152. The Kier molecular flexibility index (Phi) is 4.64. The molecule has 3 rings (SSSR count). The smallest absolute Gasteiger partial charge is 0.217 e. The van der Waals surface area contributed by atoms with E-state index in [9.17, 15) is 8.42 Å². The van der Waals surface area contributed by atoms with Gasteiger partial charge in [-0.15, -0.1) is 12.4 Å². The molecule has 0 bridgehead atoms. The van der Waals surface area contributed by atoms with Gasteiger partial charge in [0.15, 0.2) is 5.58 Å². The Morgan fingerprint density at radius 2 is 2.20 bits per heavy atom. The van der Waals surface area contributed by atoms with Crippen LogP contribution in [-0.2, 0) is 15.8 Å². The van der Waals surface area contributed by atoms with Crippen LogP contribution in [0.2, 0.25) is 0 Å². The summed E-state index contributed by atoms with van der Waals surface area (Å²) in [4.78, 5) is 0. The topological polar surface area (TPSA) is 84.2 Å². The molecule has 1 unspecified atom stereocenters. The average molecular weight is 318 g/mol. The second kappa shape index (κ2) is 6.09. The van der Waals surface area contributed by atoms with Crippen LogP contribution in [0, 0.1) is 0 Å². The van der Waals surface area contributed by atoms with Crippen LogP contribution in [0.5, 0.6) is 0 Å². The second-order valence-electron chi connectivity index (χ2n) is 4.69. The van der Waals surface area contributed by atoms with Gasteiger partial charge in [-0.3, -0.25) is 0 Å². The molecule has 0 saturated carbocycles. The van der Waals surface area contributed by atoms with Crippen LogP contribution in [0.25, 0.3) is 11.0 Å². The zero-order chi connectivity index (χ0) is 13.3. The second-order valence-corrected chi connectivity index (χ2v) is 6.45. The molecule has 1 saturated heterocycles. The van der Waals surface area contributed by atoms with Gasteiger partial charge in [-0.1, -0.05) is 17.3 Å². The van der Waals surface area contributed by atoms with E-state index in [1.807, 2.05) is 18.2 Å². The van der Waals surface area contributed by atoms with Crippen LogP contribution in [0.1, 0.15) is 12.1 Å². The van der Waals surface area contributed by atoms with Gasteiger partial charge in [0.25, 0.3) is 0 Å². The predicted molar refractivity (Wildman–Crippen MR) is 78.3 cm³/mol. The van der Waals surface area contributed by atoms with Gasteiger partial charge in [-0.25, -0.2) is 13.1 Å². The minimum Gasteiger partial charge on any atom is -0.356 e. The molecule has 2 aromatic rings. The number of para-hydroxylation sites is 1. The first-order chi connectivity index (χ1) is 9.14. The van der Waals surface area contributed by atoms with Crippen molar-refractivity contribution >= 4 is 33.4 Å². The maximum absolute atomic E-state index is 12.1. The minimum absolute atomic E-state index is 0.